The lowest BCUT2D eigenvalue weighted by atomic mass is 10.5. The van der Waals surface area contributed by atoms with Crippen LogP contribution in [0.4, 0.5) is 0 Å². The van der Waals surface area contributed by atoms with Crippen LogP contribution in [0.15, 0.2) is 12.4 Å². The second kappa shape index (κ2) is 6.19. The maximum absolute atomic E-state index is 11.2. The van der Waals surface area contributed by atoms with Crippen molar-refractivity contribution in [1.29, 1.82) is 0 Å². The minimum absolute atomic E-state index is 0.228. The van der Waals surface area contributed by atoms with Crippen molar-refractivity contribution < 1.29 is 9.53 Å². The van der Waals surface area contributed by atoms with Gasteiger partial charge in [0.15, 0.2) is 0 Å². The highest BCUT2D eigenvalue weighted by atomic mass is 16.5. The van der Waals surface area contributed by atoms with Crippen molar-refractivity contribution in [1.82, 2.24) is 14.9 Å². The van der Waals surface area contributed by atoms with Crippen LogP contribution in [0, 0.1) is 0 Å². The molecule has 0 unspecified atom stereocenters. The molecule has 0 fully saturated rings. The SMILES string of the molecule is CCNCc1nccn1CC(=O)OCC. The molecule has 84 valence electrons. The van der Waals surface area contributed by atoms with E-state index in [4.69, 9.17) is 4.74 Å². The van der Waals surface area contributed by atoms with Gasteiger partial charge in [0.05, 0.1) is 13.2 Å². The molecule has 1 aromatic heterocycles. The quantitative estimate of drug-likeness (QED) is 0.698. The Morgan fingerprint density at radius 3 is 3.07 bits per heavy atom. The fourth-order valence-electron chi connectivity index (χ4n) is 1.23. The summed E-state index contributed by atoms with van der Waals surface area (Å²) in [4.78, 5) is 15.4. The molecule has 0 atom stereocenters. The fourth-order valence-corrected chi connectivity index (χ4v) is 1.23. The van der Waals surface area contributed by atoms with Gasteiger partial charge in [0, 0.05) is 12.4 Å². The second-order valence-corrected chi connectivity index (χ2v) is 3.06. The third-order valence-electron chi connectivity index (χ3n) is 1.94. The van der Waals surface area contributed by atoms with Crippen LogP contribution in [0.2, 0.25) is 0 Å². The summed E-state index contributed by atoms with van der Waals surface area (Å²) in [5.41, 5.74) is 0. The van der Waals surface area contributed by atoms with E-state index in [1.807, 2.05) is 6.92 Å². The third-order valence-corrected chi connectivity index (χ3v) is 1.94. The van der Waals surface area contributed by atoms with E-state index in [1.165, 1.54) is 0 Å². The molecule has 0 aliphatic rings. The maximum atomic E-state index is 11.2. The Balaban J connectivity index is 2.52. The largest absolute Gasteiger partial charge is 0.465 e. The highest BCUT2D eigenvalue weighted by molar-refractivity contribution is 5.69. The number of aromatic nitrogens is 2. The number of imidazole rings is 1. The molecule has 15 heavy (non-hydrogen) atoms. The van der Waals surface area contributed by atoms with Gasteiger partial charge in [0.2, 0.25) is 0 Å². The number of nitrogens with zero attached hydrogens (tertiary/aromatic N) is 2. The van der Waals surface area contributed by atoms with Gasteiger partial charge in [-0.05, 0) is 13.5 Å². The summed E-state index contributed by atoms with van der Waals surface area (Å²) in [7, 11) is 0. The molecule has 0 saturated carbocycles. The lowest BCUT2D eigenvalue weighted by Crippen LogP contribution is -2.19. The third kappa shape index (κ3) is 3.71. The van der Waals surface area contributed by atoms with Gasteiger partial charge in [-0.25, -0.2) is 4.98 Å². The zero-order valence-corrected chi connectivity index (χ0v) is 9.19. The maximum Gasteiger partial charge on any atom is 0.325 e. The number of esters is 1. The standard InChI is InChI=1S/C10H17N3O2/c1-3-11-7-9-12-5-6-13(9)8-10(14)15-4-2/h5-6,11H,3-4,7-8H2,1-2H3. The molecule has 0 saturated heterocycles. The van der Waals surface area contributed by atoms with Crippen LogP contribution in [0.25, 0.3) is 0 Å². The average Bonchev–Trinajstić information content (AvgIpc) is 2.63. The minimum atomic E-state index is -0.228. The lowest BCUT2D eigenvalue weighted by molar-refractivity contribution is -0.143. The molecule has 0 aliphatic heterocycles. The van der Waals surface area contributed by atoms with E-state index < -0.39 is 0 Å². The number of carbonyl (C=O) groups is 1. The van der Waals surface area contributed by atoms with E-state index >= 15 is 0 Å². The van der Waals surface area contributed by atoms with Crippen molar-refractivity contribution in [3.8, 4) is 0 Å². The van der Waals surface area contributed by atoms with Gasteiger partial charge in [-0.2, -0.15) is 0 Å². The molecular formula is C10H17N3O2. The molecule has 0 radical (unpaired) electrons. The predicted octanol–water partition coefficient (Wildman–Crippen LogP) is 0.556. The van der Waals surface area contributed by atoms with Gasteiger partial charge in [0.25, 0.3) is 0 Å². The zero-order valence-electron chi connectivity index (χ0n) is 9.19. The van der Waals surface area contributed by atoms with E-state index in [0.717, 1.165) is 12.4 Å². The van der Waals surface area contributed by atoms with Crippen LogP contribution in [-0.2, 0) is 22.6 Å². The first-order valence-corrected chi connectivity index (χ1v) is 5.14. The topological polar surface area (TPSA) is 56.2 Å². The number of rotatable bonds is 6. The number of ether oxygens (including phenoxy) is 1. The summed E-state index contributed by atoms with van der Waals surface area (Å²) in [5.74, 6) is 0.623. The molecule has 0 amide bonds. The Bertz CT molecular complexity index is 309. The van der Waals surface area contributed by atoms with E-state index in [9.17, 15) is 4.79 Å². The van der Waals surface area contributed by atoms with Crippen molar-refractivity contribution in [3.05, 3.63) is 18.2 Å². The zero-order chi connectivity index (χ0) is 11.1. The first kappa shape index (κ1) is 11.7. The van der Waals surface area contributed by atoms with Gasteiger partial charge < -0.3 is 14.6 Å². The molecule has 5 nitrogen and oxygen atoms in total. The highest BCUT2D eigenvalue weighted by Gasteiger charge is 2.07. The van der Waals surface area contributed by atoms with E-state index in [0.29, 0.717) is 13.2 Å². The van der Waals surface area contributed by atoms with Crippen molar-refractivity contribution >= 4 is 5.97 Å². The summed E-state index contributed by atoms with van der Waals surface area (Å²) in [6.07, 6.45) is 3.47. The predicted molar refractivity (Wildman–Crippen MR) is 56.2 cm³/mol. The molecule has 0 spiro atoms. The Morgan fingerprint density at radius 2 is 2.40 bits per heavy atom. The minimum Gasteiger partial charge on any atom is -0.465 e. The lowest BCUT2D eigenvalue weighted by Gasteiger charge is -2.07. The molecule has 1 rings (SSSR count). The van der Waals surface area contributed by atoms with E-state index in [1.54, 1.807) is 23.9 Å². The van der Waals surface area contributed by atoms with Crippen molar-refractivity contribution in [2.75, 3.05) is 13.2 Å². The van der Waals surface area contributed by atoms with Crippen molar-refractivity contribution in [2.24, 2.45) is 0 Å². The molecule has 5 heteroatoms. The van der Waals surface area contributed by atoms with Gasteiger partial charge >= 0.3 is 5.97 Å². The van der Waals surface area contributed by atoms with Crippen LogP contribution in [-0.4, -0.2) is 28.7 Å². The smallest absolute Gasteiger partial charge is 0.325 e. The first-order valence-electron chi connectivity index (χ1n) is 5.14. The molecule has 0 bridgehead atoms. The number of hydrogen-bond donors (Lipinski definition) is 1. The summed E-state index contributed by atoms with van der Waals surface area (Å²) in [5, 5.41) is 3.16. The van der Waals surface area contributed by atoms with Gasteiger partial charge in [0.1, 0.15) is 12.4 Å². The fraction of sp³-hybridized carbons (Fsp3) is 0.600. The van der Waals surface area contributed by atoms with Crippen LogP contribution in [0.5, 0.6) is 0 Å². The monoisotopic (exact) mass is 211 g/mol. The Kier molecular flexibility index (Phi) is 4.83. The molecule has 1 N–H and O–H groups in total. The number of carbonyl (C=O) groups excluding carboxylic acids is 1. The van der Waals surface area contributed by atoms with Gasteiger partial charge in [-0.3, -0.25) is 4.79 Å². The first-order chi connectivity index (χ1) is 7.27. The van der Waals surface area contributed by atoms with E-state index in [-0.39, 0.29) is 12.5 Å². The van der Waals surface area contributed by atoms with Gasteiger partial charge in [-0.1, -0.05) is 6.92 Å². The summed E-state index contributed by atoms with van der Waals surface area (Å²) >= 11 is 0. The summed E-state index contributed by atoms with van der Waals surface area (Å²) in [6, 6.07) is 0. The van der Waals surface area contributed by atoms with Crippen LogP contribution in [0.1, 0.15) is 19.7 Å². The van der Waals surface area contributed by atoms with Gasteiger partial charge in [-0.15, -0.1) is 0 Å². The van der Waals surface area contributed by atoms with Crippen molar-refractivity contribution in [2.45, 2.75) is 26.9 Å². The van der Waals surface area contributed by atoms with Crippen LogP contribution < -0.4 is 5.32 Å². The highest BCUT2D eigenvalue weighted by Crippen LogP contribution is 1.98. The molecule has 0 aliphatic carbocycles. The molecule has 1 aromatic rings. The molecule has 1 heterocycles. The Morgan fingerprint density at radius 1 is 1.60 bits per heavy atom. The normalized spacial score (nSPS) is 10.3. The second-order valence-electron chi connectivity index (χ2n) is 3.06. The molecule has 0 aromatic carbocycles. The molecular weight excluding hydrogens is 194 g/mol. The number of nitrogens with one attached hydrogen (secondary N) is 1. The van der Waals surface area contributed by atoms with Crippen LogP contribution >= 0.6 is 0 Å². The Labute approximate surface area is 89.4 Å². The average molecular weight is 211 g/mol. The van der Waals surface area contributed by atoms with Crippen LogP contribution in [0.3, 0.4) is 0 Å². The van der Waals surface area contributed by atoms with E-state index in [2.05, 4.69) is 10.3 Å². The summed E-state index contributed by atoms with van der Waals surface area (Å²) < 4.78 is 6.66. The summed E-state index contributed by atoms with van der Waals surface area (Å²) in [6.45, 7) is 6.02. The Hall–Kier alpha value is -1.36. The van der Waals surface area contributed by atoms with Crippen molar-refractivity contribution in [3.63, 3.8) is 0 Å². The number of hydrogen-bond acceptors (Lipinski definition) is 4.